The van der Waals surface area contributed by atoms with Gasteiger partial charge in [-0.25, -0.2) is 0 Å². The Balaban J connectivity index is 1.76. The standard InChI is InChI=1S/C44H72O9Si/c1-29(2)54(30(3)4,31(5)6)53-21-19-36-35(14-13-20-50-26-33-15-17-34(48-11)18-16-33)38(43(45)49-12)25-44(8)39-22-32(7)23-40(51-27-46-9)37(39)24-41(42(36)44)52-28-47-10/h15-18,23,29-31,37-42H,13-14,19-22,24-28H2,1-12H3/t37-,38+,39+,40-,41+,42-,44-/m0/s1. The zero-order valence-corrected chi connectivity index (χ0v) is 36.5. The molecule has 3 aliphatic rings. The predicted molar refractivity (Wildman–Crippen MR) is 216 cm³/mol. The summed E-state index contributed by atoms with van der Waals surface area (Å²) < 4.78 is 48.4. The summed E-state index contributed by atoms with van der Waals surface area (Å²) in [6.45, 7) is 20.8. The lowest BCUT2D eigenvalue weighted by Gasteiger charge is -2.60. The molecule has 0 saturated heterocycles. The summed E-state index contributed by atoms with van der Waals surface area (Å²) in [7, 11) is 4.41. The molecule has 0 heterocycles. The van der Waals surface area contributed by atoms with Gasteiger partial charge in [0.2, 0.25) is 0 Å². The van der Waals surface area contributed by atoms with E-state index in [1.807, 2.05) is 24.3 Å². The van der Waals surface area contributed by atoms with Crippen LogP contribution in [0.4, 0.5) is 0 Å². The number of benzene rings is 1. The molecule has 54 heavy (non-hydrogen) atoms. The van der Waals surface area contributed by atoms with Crippen molar-refractivity contribution in [2.45, 2.75) is 129 Å². The number of ether oxygens (including phenoxy) is 7. The second-order valence-corrected chi connectivity index (χ2v) is 22.6. The first-order chi connectivity index (χ1) is 25.8. The van der Waals surface area contributed by atoms with E-state index < -0.39 is 8.32 Å². The number of rotatable bonds is 21. The Bertz CT molecular complexity index is 1370. The smallest absolute Gasteiger partial charge is 0.312 e. The first-order valence-corrected chi connectivity index (χ1v) is 22.4. The molecular formula is C44H72O9Si. The van der Waals surface area contributed by atoms with E-state index in [1.165, 1.54) is 23.8 Å². The molecule has 0 aliphatic heterocycles. The van der Waals surface area contributed by atoms with Crippen LogP contribution < -0.4 is 4.74 Å². The van der Waals surface area contributed by atoms with Crippen molar-refractivity contribution in [3.63, 3.8) is 0 Å². The van der Waals surface area contributed by atoms with E-state index in [-0.39, 0.29) is 60.8 Å². The molecule has 1 aromatic rings. The molecule has 306 valence electrons. The van der Waals surface area contributed by atoms with Crippen LogP contribution in [-0.4, -0.2) is 81.7 Å². The van der Waals surface area contributed by atoms with Crippen LogP contribution in [0.15, 0.2) is 47.1 Å². The molecule has 1 saturated carbocycles. The number of carbonyl (C=O) groups excluding carboxylic acids is 1. The lowest BCUT2D eigenvalue weighted by Crippen LogP contribution is -2.58. The van der Waals surface area contributed by atoms with Crippen molar-refractivity contribution in [2.75, 3.05) is 55.2 Å². The number of hydrogen-bond acceptors (Lipinski definition) is 9. The highest BCUT2D eigenvalue weighted by atomic mass is 28.4. The number of fused-ring (bicyclic) bond motifs is 3. The van der Waals surface area contributed by atoms with Gasteiger partial charge in [-0.15, -0.1) is 0 Å². The number of carbonyl (C=O) groups is 1. The number of methoxy groups -OCH3 is 4. The third kappa shape index (κ3) is 9.90. The number of esters is 1. The average Bonchev–Trinajstić information content (AvgIpc) is 3.14. The van der Waals surface area contributed by atoms with E-state index in [0.29, 0.717) is 42.9 Å². The topological polar surface area (TPSA) is 90.9 Å². The normalized spacial score (nSPS) is 27.3. The molecular weight excluding hydrogens is 701 g/mol. The molecule has 0 N–H and O–H groups in total. The zero-order chi connectivity index (χ0) is 39.6. The maximum atomic E-state index is 14.0. The molecule has 0 spiro atoms. The maximum Gasteiger partial charge on any atom is 0.312 e. The van der Waals surface area contributed by atoms with Crippen LogP contribution in [0.1, 0.15) is 99.5 Å². The van der Waals surface area contributed by atoms with Crippen molar-refractivity contribution < 1.29 is 42.4 Å². The first kappa shape index (κ1) is 44.7. The maximum absolute atomic E-state index is 14.0. The Morgan fingerprint density at radius 3 is 2.11 bits per heavy atom. The van der Waals surface area contributed by atoms with Gasteiger partial charge in [-0.3, -0.25) is 4.79 Å². The van der Waals surface area contributed by atoms with Crippen LogP contribution in [-0.2, 0) is 44.2 Å². The summed E-state index contributed by atoms with van der Waals surface area (Å²) in [6, 6.07) is 7.99. The van der Waals surface area contributed by atoms with Gasteiger partial charge in [-0.1, -0.05) is 83.4 Å². The Kier molecular flexibility index (Phi) is 16.9. The van der Waals surface area contributed by atoms with E-state index in [2.05, 4.69) is 61.5 Å². The molecule has 0 aromatic heterocycles. The third-order valence-electron chi connectivity index (χ3n) is 13.1. The molecule has 0 unspecified atom stereocenters. The van der Waals surface area contributed by atoms with Crippen LogP contribution >= 0.6 is 0 Å². The van der Waals surface area contributed by atoms with Gasteiger partial charge in [0.25, 0.3) is 0 Å². The van der Waals surface area contributed by atoms with Gasteiger partial charge in [0.05, 0.1) is 39.0 Å². The van der Waals surface area contributed by atoms with Gasteiger partial charge < -0.3 is 37.6 Å². The van der Waals surface area contributed by atoms with Gasteiger partial charge in [-0.2, -0.15) is 0 Å². The highest BCUT2D eigenvalue weighted by molar-refractivity contribution is 6.77. The van der Waals surface area contributed by atoms with Gasteiger partial charge in [0.1, 0.15) is 19.3 Å². The second-order valence-electron chi connectivity index (χ2n) is 17.1. The summed E-state index contributed by atoms with van der Waals surface area (Å²) in [5, 5.41) is 0. The van der Waals surface area contributed by atoms with Crippen molar-refractivity contribution in [1.29, 1.82) is 0 Å². The van der Waals surface area contributed by atoms with Crippen molar-refractivity contribution in [3.8, 4) is 5.75 Å². The summed E-state index contributed by atoms with van der Waals surface area (Å²) >= 11 is 0. The predicted octanol–water partition coefficient (Wildman–Crippen LogP) is 9.65. The molecule has 1 fully saturated rings. The minimum Gasteiger partial charge on any atom is -0.497 e. The lowest BCUT2D eigenvalue weighted by atomic mass is 9.46. The van der Waals surface area contributed by atoms with Crippen LogP contribution in [0, 0.1) is 29.1 Å². The van der Waals surface area contributed by atoms with Gasteiger partial charge >= 0.3 is 5.97 Å². The fraction of sp³-hybridized carbons (Fsp3) is 0.750. The van der Waals surface area contributed by atoms with Gasteiger partial charge in [0, 0.05) is 33.4 Å². The van der Waals surface area contributed by atoms with Crippen LogP contribution in [0.25, 0.3) is 0 Å². The quantitative estimate of drug-likeness (QED) is 0.0398. The summed E-state index contributed by atoms with van der Waals surface area (Å²) in [5.41, 5.74) is 6.07. The van der Waals surface area contributed by atoms with Crippen molar-refractivity contribution in [1.82, 2.24) is 0 Å². The van der Waals surface area contributed by atoms with Crippen molar-refractivity contribution >= 4 is 14.3 Å². The average molecular weight is 773 g/mol. The monoisotopic (exact) mass is 772 g/mol. The second kappa shape index (κ2) is 20.4. The zero-order valence-electron chi connectivity index (χ0n) is 35.5. The lowest BCUT2D eigenvalue weighted by molar-refractivity contribution is -0.185. The van der Waals surface area contributed by atoms with Gasteiger partial charge in [-0.05, 0) is 97.0 Å². The van der Waals surface area contributed by atoms with Crippen LogP contribution in [0.5, 0.6) is 5.75 Å². The molecule has 9 nitrogen and oxygen atoms in total. The summed E-state index contributed by atoms with van der Waals surface area (Å²) in [5.74, 6) is 0.875. The summed E-state index contributed by atoms with van der Waals surface area (Å²) in [4.78, 5) is 14.0. The number of allylic oxidation sites excluding steroid dienone is 1. The Morgan fingerprint density at radius 1 is 0.870 bits per heavy atom. The number of hydrogen-bond donors (Lipinski definition) is 0. The van der Waals surface area contributed by atoms with E-state index in [9.17, 15) is 4.79 Å². The fourth-order valence-electron chi connectivity index (χ4n) is 10.9. The van der Waals surface area contributed by atoms with E-state index in [1.54, 1.807) is 21.3 Å². The Morgan fingerprint density at radius 2 is 1.52 bits per heavy atom. The molecule has 3 aliphatic carbocycles. The largest absolute Gasteiger partial charge is 0.497 e. The molecule has 0 amide bonds. The minimum absolute atomic E-state index is 0.0795. The molecule has 0 radical (unpaired) electrons. The molecule has 7 atom stereocenters. The van der Waals surface area contributed by atoms with E-state index >= 15 is 0 Å². The molecule has 4 rings (SSSR count). The van der Waals surface area contributed by atoms with E-state index in [0.717, 1.165) is 43.4 Å². The van der Waals surface area contributed by atoms with Gasteiger partial charge in [0.15, 0.2) is 8.32 Å². The van der Waals surface area contributed by atoms with Crippen molar-refractivity contribution in [2.24, 2.45) is 29.1 Å². The minimum atomic E-state index is -2.14. The van der Waals surface area contributed by atoms with Crippen LogP contribution in [0.3, 0.4) is 0 Å². The highest BCUT2D eigenvalue weighted by Gasteiger charge is 2.60. The third-order valence-corrected chi connectivity index (χ3v) is 19.2. The summed E-state index contributed by atoms with van der Waals surface area (Å²) in [6.07, 6.45) is 6.83. The Labute approximate surface area is 327 Å². The molecule has 0 bridgehead atoms. The Hall–Kier alpha value is -2.05. The van der Waals surface area contributed by atoms with Crippen molar-refractivity contribution in [3.05, 3.63) is 52.6 Å². The van der Waals surface area contributed by atoms with Crippen LogP contribution in [0.2, 0.25) is 16.6 Å². The van der Waals surface area contributed by atoms with E-state index in [4.69, 9.17) is 37.6 Å². The molecule has 10 heteroatoms. The SMILES string of the molecule is COCO[C@H]1C=C(C)C[C@@H]2[C@@H]1C[C@@H](OCOC)[C@@H]1C(CCO[Si](C(C)C)(C(C)C)C(C)C)=C(CCCOCc3ccc(OC)cc3)[C@H](C(=O)OC)C[C@@]21C. The first-order valence-electron chi connectivity index (χ1n) is 20.3. The highest BCUT2D eigenvalue weighted by Crippen LogP contribution is 2.63. The molecule has 1 aromatic carbocycles. The fourth-order valence-corrected chi connectivity index (χ4v) is 16.4.